The van der Waals surface area contributed by atoms with Crippen molar-refractivity contribution in [2.75, 3.05) is 13.1 Å². The van der Waals surface area contributed by atoms with Gasteiger partial charge in [0.2, 0.25) is 0 Å². The summed E-state index contributed by atoms with van der Waals surface area (Å²) in [5.41, 5.74) is 6.27. The largest absolute Gasteiger partial charge is 0.316 e. The van der Waals surface area contributed by atoms with Crippen LogP contribution < -0.4 is 5.73 Å². The van der Waals surface area contributed by atoms with Crippen LogP contribution in [0.4, 0.5) is 0 Å². The lowest BCUT2D eigenvalue weighted by atomic mass is 9.87. The molecule has 2 fully saturated rings. The van der Waals surface area contributed by atoms with Gasteiger partial charge in [0, 0.05) is 11.9 Å². The Balaban J connectivity index is 1.80. The van der Waals surface area contributed by atoms with Crippen LogP contribution in [0.15, 0.2) is 0 Å². The second kappa shape index (κ2) is 5.70. The van der Waals surface area contributed by atoms with Crippen molar-refractivity contribution < 1.29 is 0 Å². The molecule has 2 aliphatic rings. The molecule has 1 saturated carbocycles. The average molecular weight is 245 g/mol. The molecule has 0 aromatic heterocycles. The van der Waals surface area contributed by atoms with Crippen molar-refractivity contribution in [3.05, 3.63) is 0 Å². The zero-order valence-electron chi connectivity index (χ0n) is 10.4. The van der Waals surface area contributed by atoms with E-state index in [0.29, 0.717) is 17.5 Å². The number of rotatable bonds is 2. The highest BCUT2D eigenvalue weighted by molar-refractivity contribution is 6.20. The van der Waals surface area contributed by atoms with Gasteiger partial charge in [-0.15, -0.1) is 11.6 Å². The number of likely N-dealkylation sites (tertiary alicyclic amines) is 1. The zero-order valence-corrected chi connectivity index (χ0v) is 11.1. The Morgan fingerprint density at radius 1 is 1.19 bits per heavy atom. The fourth-order valence-corrected chi connectivity index (χ4v) is 3.40. The first-order valence-electron chi connectivity index (χ1n) is 6.80. The van der Waals surface area contributed by atoms with Crippen LogP contribution in [0.25, 0.3) is 0 Å². The molecular formula is C13H25ClN2. The van der Waals surface area contributed by atoms with Gasteiger partial charge in [0.15, 0.2) is 0 Å². The molecule has 0 amide bonds. The van der Waals surface area contributed by atoms with E-state index in [1.807, 2.05) is 0 Å². The van der Waals surface area contributed by atoms with Crippen LogP contribution in [0.2, 0.25) is 0 Å². The van der Waals surface area contributed by atoms with Crippen molar-refractivity contribution in [1.82, 2.24) is 4.90 Å². The van der Waals surface area contributed by atoms with Gasteiger partial charge in [-0.3, -0.25) is 4.90 Å². The summed E-state index contributed by atoms with van der Waals surface area (Å²) in [5, 5.41) is 0.435. The van der Waals surface area contributed by atoms with Gasteiger partial charge in [0.05, 0.1) is 6.17 Å². The van der Waals surface area contributed by atoms with E-state index >= 15 is 0 Å². The summed E-state index contributed by atoms with van der Waals surface area (Å²) in [7, 11) is 0. The Morgan fingerprint density at radius 2 is 1.88 bits per heavy atom. The molecule has 0 bridgehead atoms. The number of hydrogen-bond donors (Lipinski definition) is 1. The highest BCUT2D eigenvalue weighted by atomic mass is 35.5. The third-order valence-electron chi connectivity index (χ3n) is 4.38. The molecule has 16 heavy (non-hydrogen) atoms. The SMILES string of the molecule is CC1CCCN(CC2CCC(Cl)CC2)C1N. The van der Waals surface area contributed by atoms with Crippen LogP contribution in [0.5, 0.6) is 0 Å². The first-order valence-corrected chi connectivity index (χ1v) is 7.24. The highest BCUT2D eigenvalue weighted by Crippen LogP contribution is 2.30. The Hall–Kier alpha value is 0.210. The Labute approximate surface area is 105 Å². The molecule has 2 atom stereocenters. The molecule has 1 aliphatic heterocycles. The van der Waals surface area contributed by atoms with E-state index < -0.39 is 0 Å². The van der Waals surface area contributed by atoms with Crippen molar-refractivity contribution in [1.29, 1.82) is 0 Å². The summed E-state index contributed by atoms with van der Waals surface area (Å²) >= 11 is 6.14. The second-order valence-corrected chi connectivity index (χ2v) is 6.34. The molecule has 0 spiro atoms. The maximum Gasteiger partial charge on any atom is 0.0598 e. The normalized spacial score (nSPS) is 42.2. The van der Waals surface area contributed by atoms with Crippen molar-refractivity contribution in [2.24, 2.45) is 17.6 Å². The van der Waals surface area contributed by atoms with E-state index in [4.69, 9.17) is 17.3 Å². The molecular weight excluding hydrogens is 220 g/mol. The summed E-state index contributed by atoms with van der Waals surface area (Å²) < 4.78 is 0. The van der Waals surface area contributed by atoms with Crippen LogP contribution in [0.3, 0.4) is 0 Å². The van der Waals surface area contributed by atoms with E-state index in [-0.39, 0.29) is 0 Å². The quantitative estimate of drug-likeness (QED) is 0.757. The monoisotopic (exact) mass is 244 g/mol. The van der Waals surface area contributed by atoms with E-state index in [9.17, 15) is 0 Å². The number of piperidine rings is 1. The maximum absolute atomic E-state index is 6.27. The maximum atomic E-state index is 6.27. The third kappa shape index (κ3) is 3.12. The lowest BCUT2D eigenvalue weighted by Crippen LogP contribution is -2.51. The van der Waals surface area contributed by atoms with Crippen molar-refractivity contribution in [3.8, 4) is 0 Å². The molecule has 3 heteroatoms. The van der Waals surface area contributed by atoms with Gasteiger partial charge in [-0.25, -0.2) is 0 Å². The number of halogens is 1. The molecule has 2 nitrogen and oxygen atoms in total. The second-order valence-electron chi connectivity index (χ2n) is 5.72. The minimum absolute atomic E-state index is 0.294. The first kappa shape index (κ1) is 12.7. The molecule has 2 N–H and O–H groups in total. The molecule has 1 aliphatic carbocycles. The molecule has 94 valence electrons. The molecule has 2 unspecified atom stereocenters. The van der Waals surface area contributed by atoms with Crippen molar-refractivity contribution >= 4 is 11.6 Å². The van der Waals surface area contributed by atoms with Crippen LogP contribution in [-0.4, -0.2) is 29.5 Å². The summed E-state index contributed by atoms with van der Waals surface area (Å²) in [6.45, 7) is 4.69. The summed E-state index contributed by atoms with van der Waals surface area (Å²) in [4.78, 5) is 2.51. The number of nitrogens with zero attached hydrogens (tertiary/aromatic N) is 1. The number of nitrogens with two attached hydrogens (primary N) is 1. The van der Waals surface area contributed by atoms with Crippen molar-refractivity contribution in [3.63, 3.8) is 0 Å². The van der Waals surface area contributed by atoms with Gasteiger partial charge in [-0.1, -0.05) is 6.92 Å². The Morgan fingerprint density at radius 3 is 2.56 bits per heavy atom. The zero-order chi connectivity index (χ0) is 11.5. The van der Waals surface area contributed by atoms with Gasteiger partial charge >= 0.3 is 0 Å². The first-order chi connectivity index (χ1) is 7.66. The molecule has 2 rings (SSSR count). The Bertz CT molecular complexity index is 214. The predicted octanol–water partition coefficient (Wildman–Crippen LogP) is 2.80. The fourth-order valence-electron chi connectivity index (χ4n) is 3.15. The molecule has 0 radical (unpaired) electrons. The lowest BCUT2D eigenvalue weighted by Gasteiger charge is -2.40. The summed E-state index contributed by atoms with van der Waals surface area (Å²) in [6, 6.07) is 0. The number of hydrogen-bond acceptors (Lipinski definition) is 2. The average Bonchev–Trinajstić information content (AvgIpc) is 2.28. The molecule has 1 saturated heterocycles. The van der Waals surface area contributed by atoms with E-state index in [2.05, 4.69) is 11.8 Å². The van der Waals surface area contributed by atoms with Crippen LogP contribution in [0.1, 0.15) is 45.4 Å². The molecule has 0 aromatic carbocycles. The van der Waals surface area contributed by atoms with Gasteiger partial charge in [-0.2, -0.15) is 0 Å². The smallest absolute Gasteiger partial charge is 0.0598 e. The molecule has 0 aromatic rings. The van der Waals surface area contributed by atoms with Gasteiger partial charge < -0.3 is 5.73 Å². The van der Waals surface area contributed by atoms with E-state index in [1.54, 1.807) is 0 Å². The van der Waals surface area contributed by atoms with Crippen LogP contribution >= 0.6 is 11.6 Å². The van der Waals surface area contributed by atoms with Gasteiger partial charge in [-0.05, 0) is 56.9 Å². The Kier molecular flexibility index (Phi) is 4.51. The van der Waals surface area contributed by atoms with Crippen LogP contribution in [0, 0.1) is 11.8 Å². The predicted molar refractivity (Wildman–Crippen MR) is 69.5 cm³/mol. The number of alkyl halides is 1. The molecule has 1 heterocycles. The highest BCUT2D eigenvalue weighted by Gasteiger charge is 2.28. The van der Waals surface area contributed by atoms with E-state index in [0.717, 1.165) is 5.92 Å². The van der Waals surface area contributed by atoms with E-state index in [1.165, 1.54) is 51.6 Å². The van der Waals surface area contributed by atoms with Crippen LogP contribution in [-0.2, 0) is 0 Å². The van der Waals surface area contributed by atoms with Gasteiger partial charge in [0.25, 0.3) is 0 Å². The summed E-state index contributed by atoms with van der Waals surface area (Å²) in [6.07, 6.45) is 7.90. The topological polar surface area (TPSA) is 29.3 Å². The third-order valence-corrected chi connectivity index (χ3v) is 4.81. The lowest BCUT2D eigenvalue weighted by molar-refractivity contribution is 0.0798. The minimum atomic E-state index is 0.294. The minimum Gasteiger partial charge on any atom is -0.316 e. The summed E-state index contributed by atoms with van der Waals surface area (Å²) in [5.74, 6) is 1.50. The van der Waals surface area contributed by atoms with Crippen molar-refractivity contribution in [2.45, 2.75) is 57.0 Å². The van der Waals surface area contributed by atoms with Gasteiger partial charge in [0.1, 0.15) is 0 Å². The fraction of sp³-hybridized carbons (Fsp3) is 1.00. The standard InChI is InChI=1S/C13H25ClN2/c1-10-3-2-8-16(13(10)15)9-11-4-6-12(14)7-5-11/h10-13H,2-9,15H2,1H3.